The van der Waals surface area contributed by atoms with Crippen LogP contribution in [-0.2, 0) is 15.1 Å². The Bertz CT molecular complexity index is 655. The van der Waals surface area contributed by atoms with E-state index in [4.69, 9.17) is 4.74 Å². The summed E-state index contributed by atoms with van der Waals surface area (Å²) in [6.07, 6.45) is 4.40. The Balaban J connectivity index is 2.07. The average Bonchev–Trinajstić information content (AvgIpc) is 2.40. The Labute approximate surface area is 123 Å². The van der Waals surface area contributed by atoms with E-state index in [9.17, 15) is 9.59 Å². The minimum Gasteiger partial charge on any atom is -0.476 e. The van der Waals surface area contributed by atoms with Crippen molar-refractivity contribution in [1.29, 1.82) is 0 Å². The molecule has 1 aliphatic heterocycles. The number of rotatable bonds is 2. The Morgan fingerprint density at radius 1 is 1.33 bits per heavy atom. The molecule has 1 amide bonds. The highest BCUT2D eigenvalue weighted by Crippen LogP contribution is 2.47. The molecule has 21 heavy (non-hydrogen) atoms. The van der Waals surface area contributed by atoms with Crippen LogP contribution in [0.3, 0.4) is 0 Å². The summed E-state index contributed by atoms with van der Waals surface area (Å²) in [4.78, 5) is 28.6. The van der Waals surface area contributed by atoms with Gasteiger partial charge >= 0.3 is 0 Å². The van der Waals surface area contributed by atoms with Crippen molar-refractivity contribution in [1.82, 2.24) is 0 Å². The third kappa shape index (κ3) is 1.96. The number of benzene rings is 1. The fourth-order valence-electron chi connectivity index (χ4n) is 3.05. The van der Waals surface area contributed by atoms with Crippen LogP contribution in [0.5, 0.6) is 5.75 Å². The number of carbonyl (C=O) groups is 1. The fraction of sp³-hybridized carbons (Fsp3) is 0.500. The maximum Gasteiger partial charge on any atom is 0.270 e. The van der Waals surface area contributed by atoms with Gasteiger partial charge in [0.05, 0.1) is 11.2 Å². The maximum atomic E-state index is 12.3. The molecule has 1 aromatic rings. The molecule has 1 aliphatic carbocycles. The molecule has 0 radical (unpaired) electrons. The smallest absolute Gasteiger partial charge is 0.270 e. The SMILES string of the molecule is CN1C(=O)C(C)(C)Oc2ccc(C3(N=C=O)CCC3)cc21. The van der Waals surface area contributed by atoms with Gasteiger partial charge in [0.1, 0.15) is 5.75 Å². The summed E-state index contributed by atoms with van der Waals surface area (Å²) in [6.45, 7) is 3.51. The number of hydrogen-bond acceptors (Lipinski definition) is 4. The van der Waals surface area contributed by atoms with Gasteiger partial charge in [-0.3, -0.25) is 4.79 Å². The number of carbonyl (C=O) groups excluding carboxylic acids is 2. The normalized spacial score (nSPS) is 21.7. The van der Waals surface area contributed by atoms with Crippen LogP contribution in [0.1, 0.15) is 38.7 Å². The number of anilines is 1. The van der Waals surface area contributed by atoms with E-state index in [1.54, 1.807) is 31.9 Å². The van der Waals surface area contributed by atoms with Gasteiger partial charge in [0.15, 0.2) is 5.60 Å². The molecule has 0 N–H and O–H groups in total. The van der Waals surface area contributed by atoms with E-state index in [0.29, 0.717) is 5.75 Å². The second-order valence-corrected chi connectivity index (χ2v) is 6.25. The molecule has 1 fully saturated rings. The topological polar surface area (TPSA) is 59.0 Å². The molecule has 0 saturated heterocycles. The van der Waals surface area contributed by atoms with E-state index >= 15 is 0 Å². The Kier molecular flexibility index (Phi) is 2.92. The van der Waals surface area contributed by atoms with Crippen molar-refractivity contribution in [3.63, 3.8) is 0 Å². The molecule has 5 heteroatoms. The molecule has 110 valence electrons. The van der Waals surface area contributed by atoms with E-state index in [0.717, 1.165) is 30.5 Å². The molecule has 0 spiro atoms. The molecular formula is C16H18N2O3. The quantitative estimate of drug-likeness (QED) is 0.620. The van der Waals surface area contributed by atoms with Gasteiger partial charge in [-0.2, -0.15) is 4.99 Å². The zero-order valence-corrected chi connectivity index (χ0v) is 12.5. The number of nitrogens with zero attached hydrogens (tertiary/aromatic N) is 2. The predicted octanol–water partition coefficient (Wildman–Crippen LogP) is 2.54. The molecule has 1 heterocycles. The largest absolute Gasteiger partial charge is 0.476 e. The molecule has 3 rings (SSSR count). The molecule has 0 atom stereocenters. The first-order chi connectivity index (χ1) is 9.89. The number of likely N-dealkylation sites (N-methyl/N-ethyl adjacent to an activating group) is 1. The lowest BCUT2D eigenvalue weighted by molar-refractivity contribution is -0.132. The lowest BCUT2D eigenvalue weighted by Gasteiger charge is -2.40. The Morgan fingerprint density at radius 3 is 2.62 bits per heavy atom. The fourth-order valence-corrected chi connectivity index (χ4v) is 3.05. The number of isocyanates is 1. The summed E-state index contributed by atoms with van der Waals surface area (Å²) in [5.41, 5.74) is 0.342. The monoisotopic (exact) mass is 286 g/mol. The van der Waals surface area contributed by atoms with Crippen LogP contribution in [0.4, 0.5) is 5.69 Å². The van der Waals surface area contributed by atoms with Gasteiger partial charge < -0.3 is 9.64 Å². The van der Waals surface area contributed by atoms with Crippen molar-refractivity contribution >= 4 is 17.7 Å². The standard InChI is InChI=1S/C16H18N2O3/c1-15(2)14(20)18(3)12-9-11(5-6-13(12)21-15)16(17-10-19)7-4-8-16/h5-6,9H,4,7-8H2,1-3H3. The molecule has 0 unspecified atom stereocenters. The lowest BCUT2D eigenvalue weighted by Crippen LogP contribution is -2.51. The number of ether oxygens (including phenoxy) is 1. The minimum absolute atomic E-state index is 0.0892. The first kappa shape index (κ1) is 13.8. The van der Waals surface area contributed by atoms with Crippen molar-refractivity contribution in [2.45, 2.75) is 44.2 Å². The number of fused-ring (bicyclic) bond motifs is 1. The Morgan fingerprint density at radius 2 is 2.05 bits per heavy atom. The number of aliphatic imine (C=N–C) groups is 1. The summed E-state index contributed by atoms with van der Waals surface area (Å²) in [5, 5.41) is 0. The molecule has 0 aromatic heterocycles. The zero-order chi connectivity index (χ0) is 15.3. The van der Waals surface area contributed by atoms with Gasteiger partial charge in [0.25, 0.3) is 5.91 Å². The first-order valence-corrected chi connectivity index (χ1v) is 7.10. The van der Waals surface area contributed by atoms with Crippen LogP contribution in [-0.4, -0.2) is 24.6 Å². The maximum absolute atomic E-state index is 12.3. The minimum atomic E-state index is -0.863. The van der Waals surface area contributed by atoms with Crippen molar-refractivity contribution in [3.05, 3.63) is 23.8 Å². The highest BCUT2D eigenvalue weighted by Gasteiger charge is 2.42. The second-order valence-electron chi connectivity index (χ2n) is 6.25. The number of amides is 1. The summed E-state index contributed by atoms with van der Waals surface area (Å²) < 4.78 is 5.78. The molecular weight excluding hydrogens is 268 g/mol. The van der Waals surface area contributed by atoms with Gasteiger partial charge in [-0.1, -0.05) is 6.07 Å². The van der Waals surface area contributed by atoms with Crippen LogP contribution in [0.25, 0.3) is 0 Å². The van der Waals surface area contributed by atoms with Crippen LogP contribution >= 0.6 is 0 Å². The van der Waals surface area contributed by atoms with Gasteiger partial charge in [-0.15, -0.1) is 0 Å². The van der Waals surface area contributed by atoms with E-state index in [-0.39, 0.29) is 5.91 Å². The van der Waals surface area contributed by atoms with Crippen molar-refractivity contribution in [2.24, 2.45) is 4.99 Å². The molecule has 0 bridgehead atoms. The van der Waals surface area contributed by atoms with Gasteiger partial charge in [0, 0.05) is 7.05 Å². The summed E-state index contributed by atoms with van der Waals surface area (Å²) in [5.74, 6) is 0.587. The van der Waals surface area contributed by atoms with E-state index in [2.05, 4.69) is 4.99 Å². The first-order valence-electron chi connectivity index (χ1n) is 7.10. The van der Waals surface area contributed by atoms with E-state index < -0.39 is 11.1 Å². The average molecular weight is 286 g/mol. The van der Waals surface area contributed by atoms with Gasteiger partial charge in [-0.05, 0) is 50.8 Å². The summed E-state index contributed by atoms with van der Waals surface area (Å²) in [6, 6.07) is 5.69. The number of hydrogen-bond donors (Lipinski definition) is 0. The third-order valence-corrected chi connectivity index (χ3v) is 4.48. The zero-order valence-electron chi connectivity index (χ0n) is 12.5. The summed E-state index contributed by atoms with van der Waals surface area (Å²) in [7, 11) is 1.74. The van der Waals surface area contributed by atoms with Crippen LogP contribution < -0.4 is 9.64 Å². The summed E-state index contributed by atoms with van der Waals surface area (Å²) >= 11 is 0. The van der Waals surface area contributed by atoms with E-state index in [1.807, 2.05) is 18.2 Å². The highest BCUT2D eigenvalue weighted by atomic mass is 16.5. The molecule has 1 saturated carbocycles. The molecule has 1 aromatic carbocycles. The third-order valence-electron chi connectivity index (χ3n) is 4.48. The van der Waals surface area contributed by atoms with Crippen molar-refractivity contribution in [3.8, 4) is 5.75 Å². The van der Waals surface area contributed by atoms with Crippen molar-refractivity contribution in [2.75, 3.05) is 11.9 Å². The van der Waals surface area contributed by atoms with Crippen LogP contribution in [0.15, 0.2) is 23.2 Å². The lowest BCUT2D eigenvalue weighted by atomic mass is 9.72. The van der Waals surface area contributed by atoms with Crippen molar-refractivity contribution < 1.29 is 14.3 Å². The molecule has 5 nitrogen and oxygen atoms in total. The second kappa shape index (κ2) is 4.43. The van der Waals surface area contributed by atoms with E-state index in [1.165, 1.54) is 0 Å². The van der Waals surface area contributed by atoms with Crippen LogP contribution in [0.2, 0.25) is 0 Å². The highest BCUT2D eigenvalue weighted by molar-refractivity contribution is 6.02. The van der Waals surface area contributed by atoms with Crippen LogP contribution in [0, 0.1) is 0 Å². The predicted molar refractivity (Wildman–Crippen MR) is 78.2 cm³/mol. The van der Waals surface area contributed by atoms with Gasteiger partial charge in [-0.25, -0.2) is 4.79 Å². The van der Waals surface area contributed by atoms with Gasteiger partial charge in [0.2, 0.25) is 6.08 Å². The Hall–Kier alpha value is -2.13. The molecule has 2 aliphatic rings.